The van der Waals surface area contributed by atoms with E-state index in [1.165, 1.54) is 55.2 Å². The lowest BCUT2D eigenvalue weighted by Crippen LogP contribution is -2.32. The molecule has 0 heterocycles. The lowest BCUT2D eigenvalue weighted by atomic mass is 9.85. The molecule has 0 bridgehead atoms. The van der Waals surface area contributed by atoms with Gasteiger partial charge in [-0.1, -0.05) is 41.4 Å². The van der Waals surface area contributed by atoms with Crippen LogP contribution in [0.15, 0.2) is 28.7 Å². The standard InChI is InChI=1S/C18H29BrN2/c1-3-11-20-18(16-8-5-9-17(19)13-16)10-12-21(2)14-15-6-4-7-15/h5,8-9,13,15,18,20H,3-4,6-7,10-12,14H2,1-2H3. The lowest BCUT2D eigenvalue weighted by Gasteiger charge is -2.31. The van der Waals surface area contributed by atoms with Crippen LogP contribution in [-0.2, 0) is 0 Å². The molecule has 0 amide bonds. The minimum Gasteiger partial charge on any atom is -0.310 e. The van der Waals surface area contributed by atoms with Gasteiger partial charge in [0.25, 0.3) is 0 Å². The van der Waals surface area contributed by atoms with Crippen molar-refractivity contribution < 1.29 is 0 Å². The molecule has 2 nitrogen and oxygen atoms in total. The molecule has 1 unspecified atom stereocenters. The molecular formula is C18H29BrN2. The molecule has 1 fully saturated rings. The number of nitrogens with zero attached hydrogens (tertiary/aromatic N) is 1. The van der Waals surface area contributed by atoms with E-state index in [1.54, 1.807) is 0 Å². The molecule has 0 aliphatic heterocycles. The fourth-order valence-electron chi connectivity index (χ4n) is 2.99. The zero-order chi connectivity index (χ0) is 15.1. The molecule has 21 heavy (non-hydrogen) atoms. The predicted molar refractivity (Wildman–Crippen MR) is 94.6 cm³/mol. The Morgan fingerprint density at radius 2 is 2.19 bits per heavy atom. The molecule has 2 rings (SSSR count). The maximum absolute atomic E-state index is 3.70. The van der Waals surface area contributed by atoms with Crippen molar-refractivity contribution in [2.75, 3.05) is 26.7 Å². The first-order chi connectivity index (χ1) is 10.2. The van der Waals surface area contributed by atoms with Crippen molar-refractivity contribution in [1.29, 1.82) is 0 Å². The highest BCUT2D eigenvalue weighted by molar-refractivity contribution is 9.10. The fourth-order valence-corrected chi connectivity index (χ4v) is 3.40. The molecule has 1 atom stereocenters. The Morgan fingerprint density at radius 3 is 2.81 bits per heavy atom. The van der Waals surface area contributed by atoms with E-state index in [-0.39, 0.29) is 0 Å². The monoisotopic (exact) mass is 352 g/mol. The topological polar surface area (TPSA) is 15.3 Å². The highest BCUT2D eigenvalue weighted by Gasteiger charge is 2.19. The number of nitrogens with one attached hydrogen (secondary N) is 1. The number of hydrogen-bond acceptors (Lipinski definition) is 2. The number of benzene rings is 1. The molecule has 1 N–H and O–H groups in total. The Balaban J connectivity index is 1.86. The summed E-state index contributed by atoms with van der Waals surface area (Å²) in [5, 5.41) is 3.70. The Bertz CT molecular complexity index is 417. The highest BCUT2D eigenvalue weighted by atomic mass is 79.9. The molecule has 3 heteroatoms. The van der Waals surface area contributed by atoms with E-state index >= 15 is 0 Å². The van der Waals surface area contributed by atoms with Crippen molar-refractivity contribution in [3.8, 4) is 0 Å². The molecule has 0 aromatic heterocycles. The minimum absolute atomic E-state index is 0.464. The second kappa shape index (κ2) is 8.92. The van der Waals surface area contributed by atoms with Gasteiger partial charge in [0.15, 0.2) is 0 Å². The fraction of sp³-hybridized carbons (Fsp3) is 0.667. The molecule has 1 aromatic rings. The maximum Gasteiger partial charge on any atom is 0.0332 e. The minimum atomic E-state index is 0.464. The number of rotatable bonds is 9. The van der Waals surface area contributed by atoms with Crippen LogP contribution in [0.25, 0.3) is 0 Å². The van der Waals surface area contributed by atoms with Crippen LogP contribution < -0.4 is 5.32 Å². The molecule has 118 valence electrons. The first-order valence-corrected chi connectivity index (χ1v) is 9.15. The first-order valence-electron chi connectivity index (χ1n) is 8.36. The zero-order valence-corrected chi connectivity index (χ0v) is 15.0. The second-order valence-electron chi connectivity index (χ2n) is 6.41. The van der Waals surface area contributed by atoms with E-state index in [0.29, 0.717) is 6.04 Å². The molecule has 1 saturated carbocycles. The number of halogens is 1. The van der Waals surface area contributed by atoms with Gasteiger partial charge >= 0.3 is 0 Å². The lowest BCUT2D eigenvalue weighted by molar-refractivity contribution is 0.199. The van der Waals surface area contributed by atoms with Crippen molar-refractivity contribution >= 4 is 15.9 Å². The second-order valence-corrected chi connectivity index (χ2v) is 7.33. The summed E-state index contributed by atoms with van der Waals surface area (Å²) < 4.78 is 1.17. The summed E-state index contributed by atoms with van der Waals surface area (Å²) in [4.78, 5) is 2.52. The van der Waals surface area contributed by atoms with Crippen LogP contribution in [0.5, 0.6) is 0 Å². The summed E-state index contributed by atoms with van der Waals surface area (Å²) >= 11 is 3.59. The third-order valence-electron chi connectivity index (χ3n) is 4.49. The third-order valence-corrected chi connectivity index (χ3v) is 4.98. The van der Waals surface area contributed by atoms with Crippen LogP contribution in [0.4, 0.5) is 0 Å². The van der Waals surface area contributed by atoms with Crippen molar-refractivity contribution in [2.24, 2.45) is 5.92 Å². The van der Waals surface area contributed by atoms with Crippen LogP contribution in [0, 0.1) is 5.92 Å². The average Bonchev–Trinajstić information content (AvgIpc) is 2.43. The summed E-state index contributed by atoms with van der Waals surface area (Å²) in [6, 6.07) is 9.19. The largest absolute Gasteiger partial charge is 0.310 e. The number of hydrogen-bond donors (Lipinski definition) is 1. The van der Waals surface area contributed by atoms with Gasteiger partial charge in [0.05, 0.1) is 0 Å². The summed E-state index contributed by atoms with van der Waals surface area (Å²) in [5.41, 5.74) is 1.40. The molecule has 0 saturated heterocycles. The van der Waals surface area contributed by atoms with Gasteiger partial charge < -0.3 is 10.2 Å². The van der Waals surface area contributed by atoms with Gasteiger partial charge in [0.2, 0.25) is 0 Å². The van der Waals surface area contributed by atoms with E-state index in [0.717, 1.165) is 12.5 Å². The van der Waals surface area contributed by atoms with Crippen molar-refractivity contribution in [2.45, 2.75) is 45.1 Å². The normalized spacial score (nSPS) is 17.0. The molecule has 0 spiro atoms. The van der Waals surface area contributed by atoms with Gasteiger partial charge in [-0.15, -0.1) is 0 Å². The van der Waals surface area contributed by atoms with Crippen LogP contribution >= 0.6 is 15.9 Å². The van der Waals surface area contributed by atoms with Crippen LogP contribution in [0.1, 0.15) is 50.6 Å². The van der Waals surface area contributed by atoms with Crippen molar-refractivity contribution in [3.63, 3.8) is 0 Å². The third kappa shape index (κ3) is 5.72. The maximum atomic E-state index is 3.70. The Kier molecular flexibility index (Phi) is 7.21. The SMILES string of the molecule is CCCNC(CCN(C)CC1CCC1)c1cccc(Br)c1. The molecule has 0 radical (unpaired) electrons. The van der Waals surface area contributed by atoms with E-state index in [4.69, 9.17) is 0 Å². The summed E-state index contributed by atoms with van der Waals surface area (Å²) in [5.74, 6) is 0.961. The van der Waals surface area contributed by atoms with Gasteiger partial charge in [-0.3, -0.25) is 0 Å². The van der Waals surface area contributed by atoms with Crippen molar-refractivity contribution in [1.82, 2.24) is 10.2 Å². The molecule has 1 aliphatic rings. The Hall–Kier alpha value is -0.380. The summed E-state index contributed by atoms with van der Waals surface area (Å²) in [6.07, 6.45) is 6.68. The van der Waals surface area contributed by atoms with Crippen molar-refractivity contribution in [3.05, 3.63) is 34.3 Å². The van der Waals surface area contributed by atoms with E-state index < -0.39 is 0 Å². The molecule has 1 aromatic carbocycles. The van der Waals surface area contributed by atoms with E-state index in [9.17, 15) is 0 Å². The molecular weight excluding hydrogens is 324 g/mol. The van der Waals surface area contributed by atoms with Crippen LogP contribution in [0.2, 0.25) is 0 Å². The Morgan fingerprint density at radius 1 is 1.38 bits per heavy atom. The van der Waals surface area contributed by atoms with Gasteiger partial charge in [-0.25, -0.2) is 0 Å². The van der Waals surface area contributed by atoms with Gasteiger partial charge in [-0.2, -0.15) is 0 Å². The summed E-state index contributed by atoms with van der Waals surface area (Å²) in [7, 11) is 2.27. The smallest absolute Gasteiger partial charge is 0.0332 e. The quantitative estimate of drug-likeness (QED) is 0.697. The molecule has 1 aliphatic carbocycles. The average molecular weight is 353 g/mol. The predicted octanol–water partition coefficient (Wildman–Crippen LogP) is 4.61. The van der Waals surface area contributed by atoms with Crippen LogP contribution in [0.3, 0.4) is 0 Å². The van der Waals surface area contributed by atoms with Crippen LogP contribution in [-0.4, -0.2) is 31.6 Å². The van der Waals surface area contributed by atoms with E-state index in [2.05, 4.69) is 64.4 Å². The summed E-state index contributed by atoms with van der Waals surface area (Å²) in [6.45, 7) is 5.76. The van der Waals surface area contributed by atoms with Gasteiger partial charge in [-0.05, 0) is 69.4 Å². The van der Waals surface area contributed by atoms with E-state index in [1.807, 2.05) is 0 Å². The first kappa shape index (κ1) is 17.0. The highest BCUT2D eigenvalue weighted by Crippen LogP contribution is 2.27. The zero-order valence-electron chi connectivity index (χ0n) is 13.4. The Labute approximate surface area is 138 Å². The van der Waals surface area contributed by atoms with Gasteiger partial charge in [0, 0.05) is 17.1 Å². The van der Waals surface area contributed by atoms with Gasteiger partial charge in [0.1, 0.15) is 0 Å².